The Kier molecular flexibility index (Phi) is 5.30. The molecule has 2 aromatic heterocycles. The zero-order chi connectivity index (χ0) is 18.5. The molecule has 3 rings (SSSR count). The fourth-order valence-electron chi connectivity index (χ4n) is 2.43. The zero-order valence-corrected chi connectivity index (χ0v) is 15.4. The molecule has 0 saturated carbocycles. The second kappa shape index (κ2) is 7.81. The van der Waals surface area contributed by atoms with Crippen molar-refractivity contribution in [3.05, 3.63) is 76.7 Å². The molecule has 0 amide bonds. The van der Waals surface area contributed by atoms with Crippen molar-refractivity contribution < 1.29 is 4.74 Å². The van der Waals surface area contributed by atoms with E-state index in [0.717, 1.165) is 5.76 Å². The van der Waals surface area contributed by atoms with Crippen LogP contribution in [0.3, 0.4) is 0 Å². The van der Waals surface area contributed by atoms with Gasteiger partial charge in [-0.3, -0.25) is 0 Å². The fourth-order valence-corrected chi connectivity index (χ4v) is 3.39. The third-order valence-corrected chi connectivity index (χ3v) is 4.84. The van der Waals surface area contributed by atoms with Crippen molar-refractivity contribution in [2.45, 2.75) is 20.5 Å². The Labute approximate surface area is 155 Å². The average molecular weight is 362 g/mol. The summed E-state index contributed by atoms with van der Waals surface area (Å²) in [6, 6.07) is 10.6. The Bertz CT molecular complexity index is 1050. The number of benzene rings is 1. The highest BCUT2D eigenvalue weighted by Crippen LogP contribution is 2.27. The predicted octanol–water partition coefficient (Wildman–Crippen LogP) is 4.89. The number of aromatic nitrogens is 3. The summed E-state index contributed by atoms with van der Waals surface area (Å²) in [4.78, 5) is 1.19. The Hall–Kier alpha value is -3.17. The molecule has 2 heterocycles. The zero-order valence-electron chi connectivity index (χ0n) is 14.6. The van der Waals surface area contributed by atoms with Crippen LogP contribution in [-0.4, -0.2) is 15.4 Å². The SMILES string of the molecule is C=C(/C=C\C=C(/C)OCc1cc2cc(C)ccc2s1)c1n[nH]nc1C#N. The highest BCUT2D eigenvalue weighted by molar-refractivity contribution is 7.19. The van der Waals surface area contributed by atoms with Crippen LogP contribution >= 0.6 is 11.3 Å². The van der Waals surface area contributed by atoms with Crippen molar-refractivity contribution in [3.8, 4) is 6.07 Å². The van der Waals surface area contributed by atoms with Gasteiger partial charge in [0.05, 0.1) is 5.76 Å². The maximum Gasteiger partial charge on any atom is 0.190 e. The molecule has 26 heavy (non-hydrogen) atoms. The number of thiophene rings is 1. The van der Waals surface area contributed by atoms with Crippen molar-refractivity contribution in [1.82, 2.24) is 15.4 Å². The van der Waals surface area contributed by atoms with E-state index < -0.39 is 0 Å². The molecule has 1 N–H and O–H groups in total. The number of rotatable bonds is 6. The van der Waals surface area contributed by atoms with Crippen LogP contribution < -0.4 is 0 Å². The van der Waals surface area contributed by atoms with Crippen molar-refractivity contribution in [2.24, 2.45) is 0 Å². The Morgan fingerprint density at radius 3 is 3.04 bits per heavy atom. The fraction of sp³-hybridized carbons (Fsp3) is 0.150. The van der Waals surface area contributed by atoms with E-state index in [1.165, 1.54) is 20.5 Å². The van der Waals surface area contributed by atoms with Gasteiger partial charge >= 0.3 is 0 Å². The largest absolute Gasteiger partial charge is 0.493 e. The first-order valence-corrected chi connectivity index (χ1v) is 8.85. The summed E-state index contributed by atoms with van der Waals surface area (Å²) in [6.45, 7) is 8.44. The smallest absolute Gasteiger partial charge is 0.190 e. The van der Waals surface area contributed by atoms with Gasteiger partial charge in [0.2, 0.25) is 0 Å². The standard InChI is InChI=1S/C20H18N4OS/c1-13-7-8-19-16(9-13)10-17(26-19)12-25-15(3)6-4-5-14(2)20-18(11-21)22-24-23-20/h4-10H,2,12H2,1,3H3,(H,22,23,24)/b5-4-,15-6+. The van der Waals surface area contributed by atoms with Gasteiger partial charge in [0.15, 0.2) is 5.69 Å². The monoisotopic (exact) mass is 362 g/mol. The molecular weight excluding hydrogens is 344 g/mol. The highest BCUT2D eigenvalue weighted by atomic mass is 32.1. The molecule has 0 saturated heterocycles. The van der Waals surface area contributed by atoms with Gasteiger partial charge in [-0.15, -0.1) is 16.4 Å². The van der Waals surface area contributed by atoms with E-state index in [1.54, 1.807) is 17.4 Å². The Morgan fingerprint density at radius 2 is 2.23 bits per heavy atom. The normalized spacial score (nSPS) is 11.8. The molecule has 0 bridgehead atoms. The summed E-state index contributed by atoms with van der Waals surface area (Å²) in [5.41, 5.74) is 2.56. The molecule has 130 valence electrons. The molecule has 0 spiro atoms. The Morgan fingerprint density at radius 1 is 1.38 bits per heavy atom. The van der Waals surface area contributed by atoms with Gasteiger partial charge in [0.1, 0.15) is 18.4 Å². The third-order valence-electron chi connectivity index (χ3n) is 3.75. The number of nitrogens with one attached hydrogen (secondary N) is 1. The van der Waals surface area contributed by atoms with Crippen molar-refractivity contribution in [1.29, 1.82) is 5.26 Å². The highest BCUT2D eigenvalue weighted by Gasteiger charge is 2.07. The van der Waals surface area contributed by atoms with Crippen LogP contribution in [-0.2, 0) is 11.3 Å². The number of allylic oxidation sites excluding steroid dienone is 5. The third kappa shape index (κ3) is 4.08. The van der Waals surface area contributed by atoms with Crippen molar-refractivity contribution in [2.75, 3.05) is 0 Å². The molecule has 0 atom stereocenters. The van der Waals surface area contributed by atoms with Crippen LogP contribution in [0.5, 0.6) is 0 Å². The van der Waals surface area contributed by atoms with Crippen LogP contribution in [0.2, 0.25) is 0 Å². The number of aromatic amines is 1. The van der Waals surface area contributed by atoms with Crippen LogP contribution in [0.4, 0.5) is 0 Å². The van der Waals surface area contributed by atoms with E-state index in [1.807, 2.05) is 25.1 Å². The minimum atomic E-state index is 0.233. The van der Waals surface area contributed by atoms with Gasteiger partial charge in [-0.1, -0.05) is 36.4 Å². The van der Waals surface area contributed by atoms with Gasteiger partial charge in [-0.2, -0.15) is 15.6 Å². The lowest BCUT2D eigenvalue weighted by atomic mass is 10.1. The lowest BCUT2D eigenvalue weighted by molar-refractivity contribution is 0.203. The first-order valence-electron chi connectivity index (χ1n) is 8.04. The first-order chi connectivity index (χ1) is 12.6. The molecule has 0 aliphatic carbocycles. The van der Waals surface area contributed by atoms with E-state index in [-0.39, 0.29) is 5.69 Å². The number of nitriles is 1. The number of hydrogen-bond donors (Lipinski definition) is 1. The quantitative estimate of drug-likeness (QED) is 0.500. The minimum absolute atomic E-state index is 0.233. The lowest BCUT2D eigenvalue weighted by Gasteiger charge is -2.03. The lowest BCUT2D eigenvalue weighted by Crippen LogP contribution is -1.87. The molecular formula is C20H18N4OS. The van der Waals surface area contributed by atoms with Crippen LogP contribution in [0.1, 0.15) is 28.8 Å². The van der Waals surface area contributed by atoms with Crippen LogP contribution in [0.25, 0.3) is 15.7 Å². The summed E-state index contributed by atoms with van der Waals surface area (Å²) >= 11 is 1.75. The maximum absolute atomic E-state index is 8.95. The van der Waals surface area contributed by atoms with E-state index in [2.05, 4.69) is 53.2 Å². The minimum Gasteiger partial charge on any atom is -0.493 e. The maximum atomic E-state index is 8.95. The average Bonchev–Trinajstić information content (AvgIpc) is 3.25. The summed E-state index contributed by atoms with van der Waals surface area (Å²) < 4.78 is 7.08. The van der Waals surface area contributed by atoms with Crippen molar-refractivity contribution in [3.63, 3.8) is 0 Å². The molecule has 0 fully saturated rings. The topological polar surface area (TPSA) is 74.6 Å². The van der Waals surface area contributed by atoms with E-state index in [9.17, 15) is 0 Å². The van der Waals surface area contributed by atoms with Gasteiger partial charge in [-0.25, -0.2) is 0 Å². The second-order valence-corrected chi connectivity index (χ2v) is 7.01. The molecule has 0 aliphatic heterocycles. The van der Waals surface area contributed by atoms with Gasteiger partial charge in [-0.05, 0) is 43.0 Å². The molecule has 1 aromatic carbocycles. The molecule has 3 aromatic rings. The van der Waals surface area contributed by atoms with E-state index in [0.29, 0.717) is 17.9 Å². The van der Waals surface area contributed by atoms with E-state index >= 15 is 0 Å². The van der Waals surface area contributed by atoms with Crippen LogP contribution in [0.15, 0.2) is 54.8 Å². The summed E-state index contributed by atoms with van der Waals surface area (Å²) in [6.07, 6.45) is 5.45. The van der Waals surface area contributed by atoms with Crippen LogP contribution in [0, 0.1) is 18.3 Å². The number of aryl methyl sites for hydroxylation is 1. The van der Waals surface area contributed by atoms with Crippen molar-refractivity contribution >= 4 is 27.0 Å². The van der Waals surface area contributed by atoms with Gasteiger partial charge < -0.3 is 4.74 Å². The molecule has 6 heteroatoms. The summed E-state index contributed by atoms with van der Waals surface area (Å²) in [7, 11) is 0. The first kappa shape index (κ1) is 17.6. The number of nitrogens with zero attached hydrogens (tertiary/aromatic N) is 3. The van der Waals surface area contributed by atoms with Gasteiger partial charge in [0.25, 0.3) is 0 Å². The number of H-pyrrole nitrogens is 1. The molecule has 0 radical (unpaired) electrons. The summed E-state index contributed by atoms with van der Waals surface area (Å²) in [5, 5.41) is 20.3. The van der Waals surface area contributed by atoms with Gasteiger partial charge in [0, 0.05) is 9.58 Å². The number of hydrogen-bond acceptors (Lipinski definition) is 5. The Balaban J connectivity index is 1.59. The summed E-state index contributed by atoms with van der Waals surface area (Å²) in [5.74, 6) is 0.795. The predicted molar refractivity (Wildman–Crippen MR) is 104 cm³/mol. The molecule has 0 aliphatic rings. The molecule has 0 unspecified atom stereocenters. The molecule has 5 nitrogen and oxygen atoms in total. The van der Waals surface area contributed by atoms with E-state index in [4.69, 9.17) is 10.00 Å². The number of fused-ring (bicyclic) bond motifs is 1. The number of ether oxygens (including phenoxy) is 1. The second-order valence-electron chi connectivity index (χ2n) is 5.84.